The van der Waals surface area contributed by atoms with Crippen molar-refractivity contribution in [1.82, 2.24) is 20.4 Å². The third-order valence-electron chi connectivity index (χ3n) is 4.57. The highest BCUT2D eigenvalue weighted by atomic mass is 16.5. The lowest BCUT2D eigenvalue weighted by molar-refractivity contribution is 0.0756. The molecule has 1 aliphatic heterocycles. The molecule has 0 saturated carbocycles. The molecule has 1 atom stereocenters. The van der Waals surface area contributed by atoms with Crippen LogP contribution in [0.1, 0.15) is 25.3 Å². The van der Waals surface area contributed by atoms with E-state index in [1.807, 2.05) is 42.2 Å². The van der Waals surface area contributed by atoms with E-state index in [-0.39, 0.29) is 6.03 Å². The fourth-order valence-electron chi connectivity index (χ4n) is 3.18. The van der Waals surface area contributed by atoms with Gasteiger partial charge in [-0.25, -0.2) is 4.79 Å². The van der Waals surface area contributed by atoms with Crippen molar-refractivity contribution in [3.8, 4) is 11.3 Å². The highest BCUT2D eigenvalue weighted by molar-refractivity contribution is 5.74. The van der Waals surface area contributed by atoms with Crippen molar-refractivity contribution in [2.75, 3.05) is 26.3 Å². The predicted molar refractivity (Wildman–Crippen MR) is 97.0 cm³/mol. The van der Waals surface area contributed by atoms with E-state index in [0.29, 0.717) is 12.5 Å². The molecule has 2 amide bonds. The number of carbonyl (C=O) groups excluding carboxylic acids is 1. The number of likely N-dealkylation sites (tertiary alicyclic amines) is 1. The quantitative estimate of drug-likeness (QED) is 0.848. The van der Waals surface area contributed by atoms with Gasteiger partial charge >= 0.3 is 6.03 Å². The Labute approximate surface area is 148 Å². The number of H-pyrrole nitrogens is 1. The van der Waals surface area contributed by atoms with Crippen molar-refractivity contribution in [2.45, 2.75) is 26.3 Å². The maximum atomic E-state index is 12.4. The molecule has 25 heavy (non-hydrogen) atoms. The zero-order valence-electron chi connectivity index (χ0n) is 14.7. The third kappa shape index (κ3) is 4.82. The summed E-state index contributed by atoms with van der Waals surface area (Å²) >= 11 is 0. The molecule has 0 spiro atoms. The molecule has 0 unspecified atom stereocenters. The van der Waals surface area contributed by atoms with Crippen molar-refractivity contribution in [2.24, 2.45) is 5.92 Å². The number of rotatable bonds is 6. The van der Waals surface area contributed by atoms with Crippen LogP contribution in [0.5, 0.6) is 0 Å². The lowest BCUT2D eigenvalue weighted by atomic mass is 9.99. The molecular weight excluding hydrogens is 316 g/mol. The van der Waals surface area contributed by atoms with Gasteiger partial charge in [0.2, 0.25) is 0 Å². The van der Waals surface area contributed by atoms with Gasteiger partial charge < -0.3 is 15.0 Å². The summed E-state index contributed by atoms with van der Waals surface area (Å²) in [4.78, 5) is 14.3. The highest BCUT2D eigenvalue weighted by Crippen LogP contribution is 2.18. The van der Waals surface area contributed by atoms with Gasteiger partial charge in [-0.2, -0.15) is 5.10 Å². The van der Waals surface area contributed by atoms with Gasteiger partial charge in [0.15, 0.2) is 0 Å². The van der Waals surface area contributed by atoms with E-state index >= 15 is 0 Å². The van der Waals surface area contributed by atoms with Crippen LogP contribution in [0.4, 0.5) is 4.79 Å². The Bertz CT molecular complexity index is 655. The summed E-state index contributed by atoms with van der Waals surface area (Å²) in [6.07, 6.45) is 3.92. The topological polar surface area (TPSA) is 70.2 Å². The van der Waals surface area contributed by atoms with E-state index in [0.717, 1.165) is 56.0 Å². The number of nitrogens with one attached hydrogen (secondary N) is 2. The van der Waals surface area contributed by atoms with Gasteiger partial charge in [-0.15, -0.1) is 0 Å². The maximum absolute atomic E-state index is 12.4. The number of carbonyl (C=O) groups is 1. The van der Waals surface area contributed by atoms with E-state index in [1.165, 1.54) is 0 Å². The number of piperidine rings is 1. The van der Waals surface area contributed by atoms with Crippen LogP contribution in [-0.4, -0.2) is 47.4 Å². The Morgan fingerprint density at radius 2 is 2.20 bits per heavy atom. The van der Waals surface area contributed by atoms with Gasteiger partial charge in [-0.05, 0) is 37.0 Å². The summed E-state index contributed by atoms with van der Waals surface area (Å²) in [5, 5.41) is 9.93. The molecule has 2 aromatic rings. The minimum atomic E-state index is 0.0128. The van der Waals surface area contributed by atoms with Gasteiger partial charge in [0.05, 0.1) is 12.3 Å². The average Bonchev–Trinajstić information content (AvgIpc) is 3.20. The first-order valence-corrected chi connectivity index (χ1v) is 8.95. The molecule has 6 nitrogen and oxygen atoms in total. The Kier molecular flexibility index (Phi) is 6.06. The van der Waals surface area contributed by atoms with Gasteiger partial charge in [-0.3, -0.25) is 5.10 Å². The summed E-state index contributed by atoms with van der Waals surface area (Å²) in [5.41, 5.74) is 3.16. The molecular formula is C19H26N4O2. The number of benzene rings is 1. The van der Waals surface area contributed by atoms with Crippen molar-refractivity contribution in [3.63, 3.8) is 0 Å². The number of hydrogen-bond acceptors (Lipinski definition) is 3. The Balaban J connectivity index is 1.48. The molecule has 3 rings (SSSR count). The average molecular weight is 342 g/mol. The van der Waals surface area contributed by atoms with Crippen LogP contribution in [-0.2, 0) is 11.3 Å². The monoisotopic (exact) mass is 342 g/mol. The van der Waals surface area contributed by atoms with Gasteiger partial charge in [0, 0.05) is 38.4 Å². The van der Waals surface area contributed by atoms with E-state index in [2.05, 4.69) is 15.5 Å². The second-order valence-corrected chi connectivity index (χ2v) is 6.44. The van der Waals surface area contributed by atoms with Crippen LogP contribution >= 0.6 is 0 Å². The molecule has 0 aliphatic carbocycles. The largest absolute Gasteiger partial charge is 0.381 e. The summed E-state index contributed by atoms with van der Waals surface area (Å²) in [7, 11) is 0. The van der Waals surface area contributed by atoms with E-state index < -0.39 is 0 Å². The molecule has 2 heterocycles. The zero-order valence-corrected chi connectivity index (χ0v) is 14.7. The van der Waals surface area contributed by atoms with Crippen molar-refractivity contribution in [3.05, 3.63) is 42.1 Å². The molecule has 1 saturated heterocycles. The fourth-order valence-corrected chi connectivity index (χ4v) is 3.18. The molecule has 1 aliphatic rings. The minimum absolute atomic E-state index is 0.0128. The van der Waals surface area contributed by atoms with Crippen LogP contribution in [0.25, 0.3) is 11.3 Å². The van der Waals surface area contributed by atoms with Crippen LogP contribution in [0, 0.1) is 5.92 Å². The zero-order chi connectivity index (χ0) is 17.5. The maximum Gasteiger partial charge on any atom is 0.317 e. The second kappa shape index (κ2) is 8.67. The molecule has 1 fully saturated rings. The standard InChI is InChI=1S/C19H26N4O2/c1-2-25-14-16-4-3-11-23(13-16)19(24)20-12-15-5-7-17(8-6-15)18-9-10-21-22-18/h5-10,16H,2-4,11-14H2,1H3,(H,20,24)(H,21,22)/t16-/m1/s1. The molecule has 134 valence electrons. The van der Waals surface area contributed by atoms with Crippen LogP contribution < -0.4 is 5.32 Å². The van der Waals surface area contributed by atoms with Gasteiger partial charge in [0.1, 0.15) is 0 Å². The van der Waals surface area contributed by atoms with Crippen molar-refractivity contribution >= 4 is 6.03 Å². The first kappa shape index (κ1) is 17.5. The van der Waals surface area contributed by atoms with Crippen molar-refractivity contribution < 1.29 is 9.53 Å². The Hall–Kier alpha value is -2.34. The number of ether oxygens (including phenoxy) is 1. The van der Waals surface area contributed by atoms with Crippen molar-refractivity contribution in [1.29, 1.82) is 0 Å². The Morgan fingerprint density at radius 3 is 2.92 bits per heavy atom. The first-order chi connectivity index (χ1) is 12.3. The molecule has 1 aromatic carbocycles. The lowest BCUT2D eigenvalue weighted by Gasteiger charge is -2.32. The summed E-state index contributed by atoms with van der Waals surface area (Å²) in [6, 6.07) is 10.1. The number of aromatic amines is 1. The highest BCUT2D eigenvalue weighted by Gasteiger charge is 2.23. The summed E-state index contributed by atoms with van der Waals surface area (Å²) in [5.74, 6) is 0.452. The number of urea groups is 1. The molecule has 1 aromatic heterocycles. The number of nitrogens with zero attached hydrogens (tertiary/aromatic N) is 2. The summed E-state index contributed by atoms with van der Waals surface area (Å²) in [6.45, 7) is 5.63. The number of hydrogen-bond donors (Lipinski definition) is 2. The normalized spacial score (nSPS) is 17.5. The van der Waals surface area contributed by atoms with E-state index in [1.54, 1.807) is 6.20 Å². The SMILES string of the molecule is CCOC[C@@H]1CCCN(C(=O)NCc2ccc(-c3ccn[nH]3)cc2)C1. The summed E-state index contributed by atoms with van der Waals surface area (Å²) < 4.78 is 5.51. The van der Waals surface area contributed by atoms with E-state index in [9.17, 15) is 4.79 Å². The van der Waals surface area contributed by atoms with Crippen LogP contribution in [0.15, 0.2) is 36.5 Å². The minimum Gasteiger partial charge on any atom is -0.381 e. The second-order valence-electron chi connectivity index (χ2n) is 6.44. The first-order valence-electron chi connectivity index (χ1n) is 8.95. The van der Waals surface area contributed by atoms with Crippen LogP contribution in [0.3, 0.4) is 0 Å². The molecule has 6 heteroatoms. The number of amides is 2. The smallest absolute Gasteiger partial charge is 0.317 e. The van der Waals surface area contributed by atoms with Crippen LogP contribution in [0.2, 0.25) is 0 Å². The Morgan fingerprint density at radius 1 is 1.36 bits per heavy atom. The number of aromatic nitrogens is 2. The van der Waals surface area contributed by atoms with E-state index in [4.69, 9.17) is 4.74 Å². The predicted octanol–water partition coefficient (Wildman–Crippen LogP) is 3.03. The van der Waals surface area contributed by atoms with Gasteiger partial charge in [0.25, 0.3) is 0 Å². The lowest BCUT2D eigenvalue weighted by Crippen LogP contribution is -2.46. The molecule has 0 bridgehead atoms. The molecule has 0 radical (unpaired) electrons. The fraction of sp³-hybridized carbons (Fsp3) is 0.474. The molecule has 2 N–H and O–H groups in total. The van der Waals surface area contributed by atoms with Gasteiger partial charge in [-0.1, -0.05) is 24.3 Å². The third-order valence-corrected chi connectivity index (χ3v) is 4.57.